The van der Waals surface area contributed by atoms with Crippen molar-refractivity contribution in [3.63, 3.8) is 0 Å². The van der Waals surface area contributed by atoms with E-state index < -0.39 is 39.4 Å². The topological polar surface area (TPSA) is 66.5 Å². The predicted octanol–water partition coefficient (Wildman–Crippen LogP) is 3.96. The number of anilines is 1. The fourth-order valence-corrected chi connectivity index (χ4v) is 5.03. The number of hydrogen-bond donors (Lipinski definition) is 1. The third-order valence-corrected chi connectivity index (χ3v) is 6.68. The molecule has 11 heteroatoms. The lowest BCUT2D eigenvalue weighted by atomic mass is 10.2. The lowest BCUT2D eigenvalue weighted by Gasteiger charge is -2.28. The van der Waals surface area contributed by atoms with Gasteiger partial charge in [-0.1, -0.05) is 17.7 Å². The molecule has 1 N–H and O–H groups in total. The Labute approximate surface area is 182 Å². The van der Waals surface area contributed by atoms with Crippen LogP contribution in [0.3, 0.4) is 0 Å². The van der Waals surface area contributed by atoms with Crippen LogP contribution in [0.2, 0.25) is 5.02 Å². The van der Waals surface area contributed by atoms with E-state index in [2.05, 4.69) is 5.32 Å². The summed E-state index contributed by atoms with van der Waals surface area (Å²) in [6.45, 7) is 1.53. The van der Waals surface area contributed by atoms with Crippen LogP contribution < -0.4 is 9.62 Å². The number of carbonyl (C=O) groups is 1. The van der Waals surface area contributed by atoms with Crippen molar-refractivity contribution in [2.45, 2.75) is 18.7 Å². The second-order valence-electron chi connectivity index (χ2n) is 6.38. The lowest BCUT2D eigenvalue weighted by Crippen LogP contribution is -2.48. The van der Waals surface area contributed by atoms with E-state index in [0.717, 1.165) is 22.7 Å². The highest BCUT2D eigenvalue weighted by molar-refractivity contribution is 7.98. The monoisotopic (exact) mass is 480 g/mol. The van der Waals surface area contributed by atoms with Crippen LogP contribution in [0.5, 0.6) is 0 Å². The quantitative estimate of drug-likeness (QED) is 0.552. The predicted molar refractivity (Wildman–Crippen MR) is 114 cm³/mol. The van der Waals surface area contributed by atoms with Crippen LogP contribution in [0.1, 0.15) is 12.5 Å². The number of nitrogens with zero attached hydrogens (tertiary/aromatic N) is 1. The molecule has 0 aliphatic rings. The highest BCUT2D eigenvalue weighted by atomic mass is 35.5. The first-order valence-electron chi connectivity index (χ1n) is 8.75. The minimum absolute atomic E-state index is 0.164. The second-order valence-corrected chi connectivity index (χ2v) is 9.75. The Morgan fingerprint density at radius 2 is 1.87 bits per heavy atom. The van der Waals surface area contributed by atoms with Gasteiger partial charge in [0, 0.05) is 34.7 Å². The van der Waals surface area contributed by atoms with Gasteiger partial charge in [-0.25, -0.2) is 21.6 Å². The maximum Gasteiger partial charge on any atom is 0.243 e. The average molecular weight is 481 g/mol. The summed E-state index contributed by atoms with van der Waals surface area (Å²) in [5.41, 5.74) is 0.202. The molecule has 0 saturated heterocycles. The lowest BCUT2D eigenvalue weighted by molar-refractivity contribution is -0.121. The van der Waals surface area contributed by atoms with Gasteiger partial charge < -0.3 is 5.32 Å². The first kappa shape index (κ1) is 24.4. The van der Waals surface area contributed by atoms with Gasteiger partial charge in [0.2, 0.25) is 15.9 Å². The van der Waals surface area contributed by atoms with Crippen LogP contribution in [0, 0.1) is 17.5 Å². The molecular weight excluding hydrogens is 461 g/mol. The van der Waals surface area contributed by atoms with Crippen molar-refractivity contribution in [3.05, 3.63) is 64.4 Å². The SMILES string of the molecule is CC(C(=O)NCCSCc1c(F)cccc1Cl)N(c1ccc(F)c(F)c1)S(C)(=O)=O. The molecule has 30 heavy (non-hydrogen) atoms. The molecular formula is C19H20ClF3N2O3S2. The Morgan fingerprint density at radius 1 is 1.17 bits per heavy atom. The van der Waals surface area contributed by atoms with Crippen LogP contribution in [-0.2, 0) is 20.6 Å². The molecule has 0 saturated carbocycles. The number of sulfonamides is 1. The third-order valence-electron chi connectivity index (χ3n) is 4.10. The molecule has 2 aromatic carbocycles. The van der Waals surface area contributed by atoms with Crippen LogP contribution in [0.25, 0.3) is 0 Å². The summed E-state index contributed by atoms with van der Waals surface area (Å²) in [7, 11) is -3.95. The maximum atomic E-state index is 13.7. The van der Waals surface area contributed by atoms with Gasteiger partial charge in [-0.05, 0) is 31.2 Å². The first-order chi connectivity index (χ1) is 14.0. The summed E-state index contributed by atoms with van der Waals surface area (Å²) in [5, 5.41) is 2.90. The molecule has 0 fully saturated rings. The van der Waals surface area contributed by atoms with Crippen molar-refractivity contribution < 1.29 is 26.4 Å². The molecule has 2 aromatic rings. The number of carbonyl (C=O) groups excluding carboxylic acids is 1. The minimum atomic E-state index is -3.95. The summed E-state index contributed by atoms with van der Waals surface area (Å²) in [4.78, 5) is 12.4. The highest BCUT2D eigenvalue weighted by Gasteiger charge is 2.29. The zero-order valence-electron chi connectivity index (χ0n) is 16.2. The van der Waals surface area contributed by atoms with E-state index in [0.29, 0.717) is 28.2 Å². The van der Waals surface area contributed by atoms with Gasteiger partial charge in [0.1, 0.15) is 11.9 Å². The summed E-state index contributed by atoms with van der Waals surface area (Å²) < 4.78 is 65.5. The van der Waals surface area contributed by atoms with Gasteiger partial charge in [0.05, 0.1) is 11.9 Å². The number of halogens is 4. The Balaban J connectivity index is 1.96. The fourth-order valence-electron chi connectivity index (χ4n) is 2.67. The number of amides is 1. The van der Waals surface area contributed by atoms with Crippen molar-refractivity contribution >= 4 is 45.0 Å². The highest BCUT2D eigenvalue weighted by Crippen LogP contribution is 2.24. The summed E-state index contributed by atoms with van der Waals surface area (Å²) in [6.07, 6.45) is 0.867. The second kappa shape index (κ2) is 10.4. The molecule has 1 atom stereocenters. The normalized spacial score (nSPS) is 12.5. The number of thioether (sulfide) groups is 1. The van der Waals surface area contributed by atoms with Crippen molar-refractivity contribution in [1.82, 2.24) is 5.32 Å². The zero-order valence-corrected chi connectivity index (χ0v) is 18.6. The van der Waals surface area contributed by atoms with E-state index in [-0.39, 0.29) is 12.2 Å². The van der Waals surface area contributed by atoms with E-state index in [1.165, 1.54) is 30.8 Å². The van der Waals surface area contributed by atoms with Gasteiger partial charge in [0.15, 0.2) is 11.6 Å². The largest absolute Gasteiger partial charge is 0.353 e. The fraction of sp³-hybridized carbons (Fsp3) is 0.316. The smallest absolute Gasteiger partial charge is 0.243 e. The van der Waals surface area contributed by atoms with E-state index in [4.69, 9.17) is 11.6 Å². The van der Waals surface area contributed by atoms with Crippen molar-refractivity contribution in [1.29, 1.82) is 0 Å². The first-order valence-corrected chi connectivity index (χ1v) is 12.1. The van der Waals surface area contributed by atoms with Crippen molar-refractivity contribution in [3.8, 4) is 0 Å². The Hall–Kier alpha value is -1.91. The molecule has 0 aliphatic heterocycles. The van der Waals surface area contributed by atoms with E-state index in [1.54, 1.807) is 6.07 Å². The standard InChI is InChI=1S/C19H20ClF3N2O3S2/c1-12(25(30(2,27)28)13-6-7-17(22)18(23)10-13)19(26)24-8-9-29-11-14-15(20)4-3-5-16(14)21/h3-7,10,12H,8-9,11H2,1-2H3,(H,24,26). The van der Waals surface area contributed by atoms with Gasteiger partial charge in [-0.15, -0.1) is 0 Å². The summed E-state index contributed by atoms with van der Waals surface area (Å²) in [6, 6.07) is 5.79. The Morgan fingerprint density at radius 3 is 2.47 bits per heavy atom. The molecule has 5 nitrogen and oxygen atoms in total. The minimum Gasteiger partial charge on any atom is -0.353 e. The van der Waals surface area contributed by atoms with Gasteiger partial charge in [-0.2, -0.15) is 11.8 Å². The van der Waals surface area contributed by atoms with Crippen molar-refractivity contribution in [2.75, 3.05) is 22.9 Å². The third kappa shape index (κ3) is 6.29. The molecule has 0 aliphatic carbocycles. The molecule has 164 valence electrons. The van der Waals surface area contributed by atoms with Gasteiger partial charge >= 0.3 is 0 Å². The maximum absolute atomic E-state index is 13.7. The molecule has 2 rings (SSSR count). The summed E-state index contributed by atoms with van der Waals surface area (Å²) in [5.74, 6) is -2.65. The van der Waals surface area contributed by atoms with Gasteiger partial charge in [0.25, 0.3) is 0 Å². The van der Waals surface area contributed by atoms with Gasteiger partial charge in [-0.3, -0.25) is 9.10 Å². The molecule has 0 radical (unpaired) electrons. The summed E-state index contributed by atoms with van der Waals surface area (Å²) >= 11 is 7.30. The van der Waals surface area contributed by atoms with Crippen LogP contribution in [0.4, 0.5) is 18.9 Å². The van der Waals surface area contributed by atoms with E-state index >= 15 is 0 Å². The van der Waals surface area contributed by atoms with Crippen LogP contribution >= 0.6 is 23.4 Å². The molecule has 0 heterocycles. The van der Waals surface area contributed by atoms with Crippen LogP contribution in [-0.4, -0.2) is 38.9 Å². The number of rotatable bonds is 9. The molecule has 0 aromatic heterocycles. The van der Waals surface area contributed by atoms with E-state index in [1.807, 2.05) is 0 Å². The molecule has 1 unspecified atom stereocenters. The number of benzene rings is 2. The molecule has 0 bridgehead atoms. The van der Waals surface area contributed by atoms with Crippen molar-refractivity contribution in [2.24, 2.45) is 0 Å². The number of nitrogens with one attached hydrogen (secondary N) is 1. The molecule has 1 amide bonds. The molecule has 0 spiro atoms. The zero-order chi connectivity index (χ0) is 22.5. The average Bonchev–Trinajstić information content (AvgIpc) is 2.65. The van der Waals surface area contributed by atoms with Crippen LogP contribution in [0.15, 0.2) is 36.4 Å². The Kier molecular flexibility index (Phi) is 8.45. The number of hydrogen-bond acceptors (Lipinski definition) is 4. The Bertz CT molecular complexity index is 1000. The van der Waals surface area contributed by atoms with E-state index in [9.17, 15) is 26.4 Å².